The van der Waals surface area contributed by atoms with Crippen LogP contribution in [-0.2, 0) is 6.54 Å². The smallest absolute Gasteiger partial charge is 0.256 e. The molecule has 3 rings (SSSR count). The van der Waals surface area contributed by atoms with E-state index < -0.39 is 0 Å². The Morgan fingerprint density at radius 2 is 2.25 bits per heavy atom. The van der Waals surface area contributed by atoms with Crippen molar-refractivity contribution in [1.29, 1.82) is 0 Å². The predicted molar refractivity (Wildman–Crippen MR) is 70.5 cm³/mol. The Morgan fingerprint density at radius 3 is 2.95 bits per heavy atom. The first-order chi connectivity index (χ1) is 9.70. The van der Waals surface area contributed by atoms with Crippen molar-refractivity contribution in [3.63, 3.8) is 0 Å². The molecule has 9 heteroatoms. The Labute approximate surface area is 118 Å². The molecule has 1 N–H and O–H groups in total. The lowest BCUT2D eigenvalue weighted by Crippen LogP contribution is -2.09. The standard InChI is InChI=1S/C11H10ClN7O/c1-7-5-13-8(20-7)6-14-10-16-9(12)17-11(18-10)19-4-2-3-15-19/h2-5H,6H2,1H3,(H,14,16,17,18). The molecular weight excluding hydrogens is 282 g/mol. The van der Waals surface area contributed by atoms with Gasteiger partial charge in [-0.2, -0.15) is 20.1 Å². The summed E-state index contributed by atoms with van der Waals surface area (Å²) in [7, 11) is 0. The van der Waals surface area contributed by atoms with Crippen LogP contribution >= 0.6 is 11.6 Å². The lowest BCUT2D eigenvalue weighted by Gasteiger charge is -2.04. The molecule has 0 unspecified atom stereocenters. The fourth-order valence-corrected chi connectivity index (χ4v) is 1.70. The number of halogens is 1. The van der Waals surface area contributed by atoms with Crippen molar-refractivity contribution in [3.8, 4) is 5.95 Å². The fraction of sp³-hybridized carbons (Fsp3) is 0.182. The quantitative estimate of drug-likeness (QED) is 0.780. The number of nitrogens with zero attached hydrogens (tertiary/aromatic N) is 6. The van der Waals surface area contributed by atoms with Gasteiger partial charge in [0.25, 0.3) is 5.95 Å². The van der Waals surface area contributed by atoms with Crippen molar-refractivity contribution in [1.82, 2.24) is 29.7 Å². The van der Waals surface area contributed by atoms with Crippen LogP contribution in [0.15, 0.2) is 29.1 Å². The third kappa shape index (κ3) is 2.75. The van der Waals surface area contributed by atoms with E-state index in [9.17, 15) is 0 Å². The minimum Gasteiger partial charge on any atom is -0.444 e. The average Bonchev–Trinajstić information content (AvgIpc) is 3.07. The maximum Gasteiger partial charge on any atom is 0.256 e. The van der Waals surface area contributed by atoms with E-state index in [1.165, 1.54) is 4.68 Å². The molecule has 0 saturated carbocycles. The van der Waals surface area contributed by atoms with Crippen molar-refractivity contribution in [3.05, 3.63) is 41.6 Å². The van der Waals surface area contributed by atoms with E-state index in [4.69, 9.17) is 16.0 Å². The molecule has 3 aromatic heterocycles. The highest BCUT2D eigenvalue weighted by atomic mass is 35.5. The number of aromatic nitrogens is 6. The molecule has 8 nitrogen and oxygen atoms in total. The number of rotatable bonds is 4. The summed E-state index contributed by atoms with van der Waals surface area (Å²) in [6.07, 6.45) is 4.99. The first-order valence-electron chi connectivity index (χ1n) is 5.77. The SMILES string of the molecule is Cc1cnc(CNc2nc(Cl)nc(-n3cccn3)n2)o1. The summed E-state index contributed by atoms with van der Waals surface area (Å²) < 4.78 is 6.84. The molecule has 3 aromatic rings. The minimum atomic E-state index is 0.0802. The number of aryl methyl sites for hydroxylation is 1. The van der Waals surface area contributed by atoms with Crippen LogP contribution in [0.2, 0.25) is 5.28 Å². The number of oxazole rings is 1. The molecule has 0 saturated heterocycles. The van der Waals surface area contributed by atoms with Crippen molar-refractivity contribution < 1.29 is 4.42 Å². The van der Waals surface area contributed by atoms with Crippen LogP contribution in [0.25, 0.3) is 5.95 Å². The molecule has 0 amide bonds. The van der Waals surface area contributed by atoms with E-state index in [1.54, 1.807) is 24.7 Å². The molecule has 20 heavy (non-hydrogen) atoms. The monoisotopic (exact) mass is 291 g/mol. The van der Waals surface area contributed by atoms with E-state index in [0.29, 0.717) is 24.3 Å². The van der Waals surface area contributed by atoms with Gasteiger partial charge in [-0.25, -0.2) is 9.67 Å². The predicted octanol–water partition coefficient (Wildman–Crippen LogP) is 1.62. The van der Waals surface area contributed by atoms with Crippen molar-refractivity contribution in [2.45, 2.75) is 13.5 Å². The van der Waals surface area contributed by atoms with Crippen molar-refractivity contribution in [2.24, 2.45) is 0 Å². The third-order valence-corrected chi connectivity index (χ3v) is 2.54. The molecular formula is C11H10ClN7O. The van der Waals surface area contributed by atoms with Crippen molar-refractivity contribution >= 4 is 17.5 Å². The van der Waals surface area contributed by atoms with E-state index >= 15 is 0 Å². The van der Waals surface area contributed by atoms with Crippen LogP contribution in [0.4, 0.5) is 5.95 Å². The van der Waals surface area contributed by atoms with Gasteiger partial charge in [-0.05, 0) is 24.6 Å². The van der Waals surface area contributed by atoms with Gasteiger partial charge in [-0.15, -0.1) is 0 Å². The lowest BCUT2D eigenvalue weighted by atomic mass is 10.6. The molecule has 0 aliphatic carbocycles. The summed E-state index contributed by atoms with van der Waals surface area (Å²) in [4.78, 5) is 16.3. The minimum absolute atomic E-state index is 0.0802. The highest BCUT2D eigenvalue weighted by Gasteiger charge is 2.08. The summed E-state index contributed by atoms with van der Waals surface area (Å²) in [5.74, 6) is 1.94. The fourth-order valence-electron chi connectivity index (χ4n) is 1.55. The molecule has 0 atom stereocenters. The second-order valence-corrected chi connectivity index (χ2v) is 4.23. The van der Waals surface area contributed by atoms with E-state index in [-0.39, 0.29) is 5.28 Å². The average molecular weight is 292 g/mol. The first-order valence-corrected chi connectivity index (χ1v) is 6.15. The van der Waals surface area contributed by atoms with Gasteiger partial charge < -0.3 is 9.73 Å². The summed E-state index contributed by atoms with van der Waals surface area (Å²) in [5.41, 5.74) is 0. The summed E-state index contributed by atoms with van der Waals surface area (Å²) >= 11 is 5.87. The number of hydrogen-bond acceptors (Lipinski definition) is 7. The Balaban J connectivity index is 1.79. The van der Waals surface area contributed by atoms with Crippen LogP contribution in [-0.4, -0.2) is 29.7 Å². The number of hydrogen-bond donors (Lipinski definition) is 1. The Morgan fingerprint density at radius 1 is 1.35 bits per heavy atom. The van der Waals surface area contributed by atoms with Gasteiger partial charge in [0.15, 0.2) is 0 Å². The second kappa shape index (κ2) is 5.25. The Bertz CT molecular complexity index is 709. The lowest BCUT2D eigenvalue weighted by molar-refractivity contribution is 0.478. The normalized spacial score (nSPS) is 10.7. The van der Waals surface area contributed by atoms with E-state index in [0.717, 1.165) is 5.76 Å². The van der Waals surface area contributed by atoms with Gasteiger partial charge in [0.2, 0.25) is 17.1 Å². The van der Waals surface area contributed by atoms with Gasteiger partial charge in [-0.1, -0.05) is 0 Å². The number of anilines is 1. The van der Waals surface area contributed by atoms with Gasteiger partial charge in [-0.3, -0.25) is 0 Å². The van der Waals surface area contributed by atoms with Gasteiger partial charge in [0, 0.05) is 12.4 Å². The highest BCUT2D eigenvalue weighted by molar-refractivity contribution is 6.28. The Hall–Kier alpha value is -2.48. The summed E-state index contributed by atoms with van der Waals surface area (Å²) in [6.45, 7) is 2.18. The molecule has 102 valence electrons. The molecule has 0 bridgehead atoms. The zero-order valence-electron chi connectivity index (χ0n) is 10.5. The number of nitrogens with one attached hydrogen (secondary N) is 1. The van der Waals surface area contributed by atoms with Crippen LogP contribution in [0, 0.1) is 6.92 Å². The van der Waals surface area contributed by atoms with Crippen LogP contribution in [0.5, 0.6) is 0 Å². The molecule has 0 aliphatic rings. The maximum absolute atomic E-state index is 5.87. The molecule has 3 heterocycles. The van der Waals surface area contributed by atoms with Gasteiger partial charge in [0.05, 0.1) is 12.7 Å². The Kier molecular flexibility index (Phi) is 3.30. The molecule has 0 fully saturated rings. The van der Waals surface area contributed by atoms with E-state index in [2.05, 4.69) is 30.4 Å². The van der Waals surface area contributed by atoms with Crippen LogP contribution in [0.1, 0.15) is 11.7 Å². The largest absolute Gasteiger partial charge is 0.444 e. The van der Waals surface area contributed by atoms with E-state index in [1.807, 2.05) is 6.92 Å². The topological polar surface area (TPSA) is 94.6 Å². The van der Waals surface area contributed by atoms with Crippen molar-refractivity contribution in [2.75, 3.05) is 5.32 Å². The summed E-state index contributed by atoms with van der Waals surface area (Å²) in [5, 5.41) is 7.09. The first kappa shape index (κ1) is 12.5. The van der Waals surface area contributed by atoms with Crippen LogP contribution in [0.3, 0.4) is 0 Å². The molecule has 0 aliphatic heterocycles. The highest BCUT2D eigenvalue weighted by Crippen LogP contribution is 2.10. The molecule has 0 spiro atoms. The zero-order valence-corrected chi connectivity index (χ0v) is 11.2. The van der Waals surface area contributed by atoms with Gasteiger partial charge >= 0.3 is 0 Å². The molecule has 0 radical (unpaired) electrons. The van der Waals surface area contributed by atoms with Gasteiger partial charge in [0.1, 0.15) is 5.76 Å². The third-order valence-electron chi connectivity index (χ3n) is 2.37. The van der Waals surface area contributed by atoms with Crippen LogP contribution < -0.4 is 5.32 Å². The molecule has 0 aromatic carbocycles. The maximum atomic E-state index is 5.87. The second-order valence-electron chi connectivity index (χ2n) is 3.90. The summed E-state index contributed by atoms with van der Waals surface area (Å²) in [6, 6.07) is 1.76. The zero-order chi connectivity index (χ0) is 13.9.